The summed E-state index contributed by atoms with van der Waals surface area (Å²) in [6.07, 6.45) is 3.60. The van der Waals surface area contributed by atoms with Gasteiger partial charge in [-0.25, -0.2) is 14.6 Å². The predicted octanol–water partition coefficient (Wildman–Crippen LogP) is 3.38. The van der Waals surface area contributed by atoms with Gasteiger partial charge in [0.15, 0.2) is 5.65 Å². The lowest BCUT2D eigenvalue weighted by Gasteiger charge is -2.33. The number of carbonyl (C=O) groups is 1. The number of nitrogens with zero attached hydrogens (tertiary/aromatic N) is 5. The van der Waals surface area contributed by atoms with Crippen molar-refractivity contribution >= 4 is 22.8 Å². The minimum Gasteiger partial charge on any atom is -0.457 e. The van der Waals surface area contributed by atoms with Gasteiger partial charge in [-0.1, -0.05) is 18.2 Å². The van der Waals surface area contributed by atoms with Gasteiger partial charge in [-0.2, -0.15) is 5.10 Å². The molecule has 2 aromatic carbocycles. The normalized spacial score (nSPS) is 16.0. The van der Waals surface area contributed by atoms with Crippen molar-refractivity contribution in [1.82, 2.24) is 24.6 Å². The summed E-state index contributed by atoms with van der Waals surface area (Å²) in [5, 5.41) is 5.64. The Morgan fingerprint density at radius 2 is 1.82 bits per heavy atom. The average molecular weight is 458 g/mol. The molecule has 0 radical (unpaired) electrons. The lowest BCUT2D eigenvalue weighted by molar-refractivity contribution is -0.132. The van der Waals surface area contributed by atoms with E-state index in [1.165, 1.54) is 6.33 Å². The molecule has 1 saturated heterocycles. The van der Waals surface area contributed by atoms with Crippen molar-refractivity contribution in [2.45, 2.75) is 25.3 Å². The Morgan fingerprint density at radius 1 is 1.06 bits per heavy atom. The largest absolute Gasteiger partial charge is 0.457 e. The van der Waals surface area contributed by atoms with Gasteiger partial charge in [0.25, 0.3) is 0 Å². The molecule has 4 aromatic rings. The van der Waals surface area contributed by atoms with Gasteiger partial charge in [0.1, 0.15) is 29.3 Å². The highest BCUT2D eigenvalue weighted by atomic mass is 16.5. The molecule has 4 N–H and O–H groups in total. The molecule has 0 spiro atoms. The molecule has 174 valence electrons. The summed E-state index contributed by atoms with van der Waals surface area (Å²) in [6.45, 7) is 1.66. The molecular formula is C25H27N7O2. The number of benzene rings is 2. The van der Waals surface area contributed by atoms with Crippen LogP contribution in [0.5, 0.6) is 11.5 Å². The van der Waals surface area contributed by atoms with Gasteiger partial charge in [-0.15, -0.1) is 0 Å². The maximum absolute atomic E-state index is 12.4. The molecule has 5 rings (SSSR count). The summed E-state index contributed by atoms with van der Waals surface area (Å²) >= 11 is 0. The van der Waals surface area contributed by atoms with Crippen LogP contribution in [0.1, 0.15) is 25.3 Å². The van der Waals surface area contributed by atoms with E-state index in [9.17, 15) is 4.79 Å². The summed E-state index contributed by atoms with van der Waals surface area (Å²) in [5.74, 6) is 1.95. The third-order valence-corrected chi connectivity index (χ3v) is 6.08. The lowest BCUT2D eigenvalue weighted by Crippen LogP contribution is -2.41. The highest BCUT2D eigenvalue weighted by Crippen LogP contribution is 2.34. The number of amides is 1. The predicted molar refractivity (Wildman–Crippen MR) is 130 cm³/mol. The van der Waals surface area contributed by atoms with Crippen molar-refractivity contribution in [1.29, 1.82) is 0 Å². The van der Waals surface area contributed by atoms with Crippen molar-refractivity contribution in [2.24, 2.45) is 5.73 Å². The fourth-order valence-electron chi connectivity index (χ4n) is 4.42. The first-order valence-electron chi connectivity index (χ1n) is 11.4. The molecule has 1 aliphatic rings. The molecule has 9 nitrogen and oxygen atoms in total. The Kier molecular flexibility index (Phi) is 6.09. The zero-order chi connectivity index (χ0) is 23.5. The number of piperidine rings is 1. The molecule has 2 aromatic heterocycles. The molecule has 1 aliphatic heterocycles. The number of hydrogen-bond acceptors (Lipinski definition) is 7. The van der Waals surface area contributed by atoms with Crippen LogP contribution in [0.4, 0.5) is 5.82 Å². The zero-order valence-electron chi connectivity index (χ0n) is 18.8. The van der Waals surface area contributed by atoms with Crippen molar-refractivity contribution in [2.75, 3.05) is 25.4 Å². The van der Waals surface area contributed by atoms with Crippen LogP contribution in [0, 0.1) is 0 Å². The van der Waals surface area contributed by atoms with E-state index in [1.54, 1.807) is 0 Å². The molecule has 1 fully saturated rings. The van der Waals surface area contributed by atoms with Crippen molar-refractivity contribution < 1.29 is 9.53 Å². The van der Waals surface area contributed by atoms with Crippen LogP contribution in [0.25, 0.3) is 22.3 Å². The Hall–Kier alpha value is -3.98. The Labute approximate surface area is 197 Å². The standard InChI is InChI=1S/C25H27N7O2/c26-13-12-21(33)31-14-4-5-18(15-31)32-25-22(24(27)28-16-29-25)23(30-32)17-8-10-20(11-9-17)34-19-6-2-1-3-7-19/h1-3,6-11,16,18H,4-5,12-15,26H2,(H2,27,28,29)/t18-/m1/s1. The first-order chi connectivity index (χ1) is 16.6. The number of carbonyl (C=O) groups excluding carboxylic acids is 1. The third-order valence-electron chi connectivity index (χ3n) is 6.08. The summed E-state index contributed by atoms with van der Waals surface area (Å²) < 4.78 is 7.82. The molecule has 9 heteroatoms. The molecule has 3 heterocycles. The molecular weight excluding hydrogens is 430 g/mol. The monoisotopic (exact) mass is 457 g/mol. The van der Waals surface area contributed by atoms with E-state index in [-0.39, 0.29) is 11.9 Å². The van der Waals surface area contributed by atoms with Crippen molar-refractivity contribution in [3.05, 3.63) is 60.9 Å². The maximum atomic E-state index is 12.4. The first-order valence-corrected chi connectivity index (χ1v) is 11.4. The van der Waals surface area contributed by atoms with E-state index in [0.717, 1.165) is 36.4 Å². The van der Waals surface area contributed by atoms with Gasteiger partial charge >= 0.3 is 0 Å². The number of likely N-dealkylation sites (tertiary alicyclic amines) is 1. The Morgan fingerprint density at radius 3 is 2.59 bits per heavy atom. The number of hydrogen-bond donors (Lipinski definition) is 2. The molecule has 0 bridgehead atoms. The molecule has 1 amide bonds. The van der Waals surface area contributed by atoms with Crippen LogP contribution < -0.4 is 16.2 Å². The van der Waals surface area contributed by atoms with Crippen LogP contribution in [0.3, 0.4) is 0 Å². The second-order valence-electron chi connectivity index (χ2n) is 8.36. The lowest BCUT2D eigenvalue weighted by atomic mass is 10.1. The molecule has 0 unspecified atom stereocenters. The summed E-state index contributed by atoms with van der Waals surface area (Å²) in [5.41, 5.74) is 14.1. The number of fused-ring (bicyclic) bond motifs is 1. The topological polar surface area (TPSA) is 125 Å². The minimum absolute atomic E-state index is 0.00158. The fraction of sp³-hybridized carbons (Fsp3) is 0.280. The van der Waals surface area contributed by atoms with E-state index in [2.05, 4.69) is 9.97 Å². The summed E-state index contributed by atoms with van der Waals surface area (Å²) in [6, 6.07) is 17.3. The van der Waals surface area contributed by atoms with Crippen molar-refractivity contribution in [3.63, 3.8) is 0 Å². The van der Waals surface area contributed by atoms with Crippen LogP contribution in [-0.4, -0.2) is 50.2 Å². The summed E-state index contributed by atoms with van der Waals surface area (Å²) in [4.78, 5) is 23.0. The quantitative estimate of drug-likeness (QED) is 0.455. The van der Waals surface area contributed by atoms with Crippen LogP contribution in [-0.2, 0) is 4.79 Å². The first kappa shape index (κ1) is 21.8. The molecule has 0 aliphatic carbocycles. The highest BCUT2D eigenvalue weighted by Gasteiger charge is 2.28. The number of para-hydroxylation sites is 1. The number of rotatable bonds is 6. The van der Waals surface area contributed by atoms with Crippen LogP contribution in [0.15, 0.2) is 60.9 Å². The SMILES string of the molecule is NCCC(=O)N1CCC[C@@H](n2nc(-c3ccc(Oc4ccccc4)cc3)c3c(N)ncnc32)C1. The van der Waals surface area contributed by atoms with E-state index >= 15 is 0 Å². The van der Waals surface area contributed by atoms with E-state index in [1.807, 2.05) is 64.2 Å². The summed E-state index contributed by atoms with van der Waals surface area (Å²) in [7, 11) is 0. The second-order valence-corrected chi connectivity index (χ2v) is 8.36. The zero-order valence-corrected chi connectivity index (χ0v) is 18.8. The number of anilines is 1. The molecule has 34 heavy (non-hydrogen) atoms. The fourth-order valence-corrected chi connectivity index (χ4v) is 4.42. The maximum Gasteiger partial charge on any atom is 0.223 e. The van der Waals surface area contributed by atoms with Gasteiger partial charge < -0.3 is 21.1 Å². The minimum atomic E-state index is 0.00158. The van der Waals surface area contributed by atoms with E-state index in [4.69, 9.17) is 21.3 Å². The van der Waals surface area contributed by atoms with Gasteiger partial charge in [-0.3, -0.25) is 4.79 Å². The Bertz CT molecular complexity index is 1290. The van der Waals surface area contributed by atoms with Crippen molar-refractivity contribution in [3.8, 4) is 22.8 Å². The van der Waals surface area contributed by atoms with Gasteiger partial charge in [0, 0.05) is 31.6 Å². The van der Waals surface area contributed by atoms with E-state index in [0.29, 0.717) is 42.1 Å². The highest BCUT2D eigenvalue weighted by molar-refractivity contribution is 5.98. The smallest absolute Gasteiger partial charge is 0.223 e. The Balaban J connectivity index is 1.47. The van der Waals surface area contributed by atoms with Gasteiger partial charge in [-0.05, 0) is 49.2 Å². The van der Waals surface area contributed by atoms with Gasteiger partial charge in [0.05, 0.1) is 11.4 Å². The number of ether oxygens (including phenoxy) is 1. The average Bonchev–Trinajstić information content (AvgIpc) is 3.26. The van der Waals surface area contributed by atoms with E-state index < -0.39 is 0 Å². The third kappa shape index (κ3) is 4.29. The number of nitrogens with two attached hydrogens (primary N) is 2. The number of nitrogen functional groups attached to an aromatic ring is 1. The van der Waals surface area contributed by atoms with Crippen LogP contribution >= 0.6 is 0 Å². The molecule has 1 atom stereocenters. The van der Waals surface area contributed by atoms with Crippen LogP contribution in [0.2, 0.25) is 0 Å². The molecule has 0 saturated carbocycles. The number of aromatic nitrogens is 4. The second kappa shape index (κ2) is 9.48. The van der Waals surface area contributed by atoms with Gasteiger partial charge in [0.2, 0.25) is 5.91 Å².